The molecule has 0 fully saturated rings. The molecule has 0 atom stereocenters. The van der Waals surface area contributed by atoms with Crippen LogP contribution in [0.5, 0.6) is 0 Å². The summed E-state index contributed by atoms with van der Waals surface area (Å²) in [4.78, 5) is 0. The molecule has 0 saturated heterocycles. The van der Waals surface area contributed by atoms with E-state index >= 15 is 0 Å². The highest BCUT2D eigenvalue weighted by atomic mass is 15.3. The third-order valence-corrected chi connectivity index (χ3v) is 3.91. The number of rotatable bonds is 4. The van der Waals surface area contributed by atoms with Crippen molar-refractivity contribution in [2.45, 2.75) is 46.0 Å². The van der Waals surface area contributed by atoms with Gasteiger partial charge in [0.05, 0.1) is 11.4 Å². The Kier molecular flexibility index (Phi) is 3.65. The SMILES string of the molecule is CCc1ccccc1-n1nc(C(C)(C)CC)cc1N. The maximum Gasteiger partial charge on any atom is 0.127 e. The Hall–Kier alpha value is -1.77. The zero-order valence-electron chi connectivity index (χ0n) is 12.3. The molecule has 3 nitrogen and oxygen atoms in total. The van der Waals surface area contributed by atoms with Crippen LogP contribution in [0.2, 0.25) is 0 Å². The maximum atomic E-state index is 6.15. The number of nitrogen functional groups attached to an aromatic ring is 1. The predicted molar refractivity (Wildman–Crippen MR) is 80.7 cm³/mol. The van der Waals surface area contributed by atoms with Crippen LogP contribution in [0.25, 0.3) is 5.69 Å². The average molecular weight is 257 g/mol. The van der Waals surface area contributed by atoms with Crippen molar-refractivity contribution in [1.82, 2.24) is 9.78 Å². The molecule has 19 heavy (non-hydrogen) atoms. The number of aromatic nitrogens is 2. The number of aryl methyl sites for hydroxylation is 1. The van der Waals surface area contributed by atoms with Gasteiger partial charge in [0.15, 0.2) is 0 Å². The van der Waals surface area contributed by atoms with Crippen LogP contribution in [0.15, 0.2) is 30.3 Å². The molecule has 2 rings (SSSR count). The van der Waals surface area contributed by atoms with Gasteiger partial charge >= 0.3 is 0 Å². The maximum absolute atomic E-state index is 6.15. The molecule has 0 amide bonds. The van der Waals surface area contributed by atoms with E-state index in [-0.39, 0.29) is 5.41 Å². The molecule has 2 N–H and O–H groups in total. The zero-order chi connectivity index (χ0) is 14.0. The molecular formula is C16H23N3. The predicted octanol–water partition coefficient (Wildman–Crippen LogP) is 3.70. The van der Waals surface area contributed by atoms with Gasteiger partial charge in [0, 0.05) is 11.5 Å². The van der Waals surface area contributed by atoms with Crippen LogP contribution < -0.4 is 5.73 Å². The Labute approximate surface area is 115 Å². The monoisotopic (exact) mass is 257 g/mol. The molecule has 0 saturated carbocycles. The number of para-hydroxylation sites is 1. The summed E-state index contributed by atoms with van der Waals surface area (Å²) >= 11 is 0. The molecule has 2 aromatic rings. The lowest BCUT2D eigenvalue weighted by molar-refractivity contribution is 0.485. The molecule has 3 heteroatoms. The molecule has 0 aliphatic carbocycles. The fourth-order valence-corrected chi connectivity index (χ4v) is 2.12. The Balaban J connectivity index is 2.52. The summed E-state index contributed by atoms with van der Waals surface area (Å²) < 4.78 is 1.87. The Morgan fingerprint density at radius 2 is 1.89 bits per heavy atom. The second-order valence-electron chi connectivity index (χ2n) is 5.59. The average Bonchev–Trinajstić information content (AvgIpc) is 2.81. The fourth-order valence-electron chi connectivity index (χ4n) is 2.12. The van der Waals surface area contributed by atoms with Crippen molar-refractivity contribution in [3.05, 3.63) is 41.6 Å². The number of hydrogen-bond acceptors (Lipinski definition) is 2. The first-order chi connectivity index (χ1) is 8.99. The van der Waals surface area contributed by atoms with E-state index in [2.05, 4.69) is 45.9 Å². The first-order valence-electron chi connectivity index (χ1n) is 6.94. The highest BCUT2D eigenvalue weighted by Gasteiger charge is 2.23. The summed E-state index contributed by atoms with van der Waals surface area (Å²) in [6, 6.07) is 10.3. The van der Waals surface area contributed by atoms with Crippen LogP contribution in [-0.2, 0) is 11.8 Å². The van der Waals surface area contributed by atoms with Crippen molar-refractivity contribution in [2.24, 2.45) is 0 Å². The van der Waals surface area contributed by atoms with E-state index in [9.17, 15) is 0 Å². The third kappa shape index (κ3) is 2.50. The normalized spacial score (nSPS) is 11.8. The van der Waals surface area contributed by atoms with E-state index < -0.39 is 0 Å². The summed E-state index contributed by atoms with van der Waals surface area (Å²) in [7, 11) is 0. The zero-order valence-corrected chi connectivity index (χ0v) is 12.3. The summed E-state index contributed by atoms with van der Waals surface area (Å²) in [5.41, 5.74) is 9.61. The van der Waals surface area contributed by atoms with Crippen molar-refractivity contribution < 1.29 is 0 Å². The van der Waals surface area contributed by atoms with Gasteiger partial charge in [-0.3, -0.25) is 0 Å². The van der Waals surface area contributed by atoms with Crippen molar-refractivity contribution in [1.29, 1.82) is 0 Å². The van der Waals surface area contributed by atoms with Crippen LogP contribution in [-0.4, -0.2) is 9.78 Å². The summed E-state index contributed by atoms with van der Waals surface area (Å²) in [5.74, 6) is 0.706. The molecule has 0 aliphatic rings. The van der Waals surface area contributed by atoms with E-state index in [4.69, 9.17) is 10.8 Å². The van der Waals surface area contributed by atoms with Crippen LogP contribution >= 0.6 is 0 Å². The summed E-state index contributed by atoms with van der Waals surface area (Å²) in [6.07, 6.45) is 2.01. The highest BCUT2D eigenvalue weighted by Crippen LogP contribution is 2.28. The Morgan fingerprint density at radius 3 is 2.53 bits per heavy atom. The number of hydrogen-bond donors (Lipinski definition) is 1. The second kappa shape index (κ2) is 5.08. The van der Waals surface area contributed by atoms with Crippen molar-refractivity contribution in [2.75, 3.05) is 5.73 Å². The minimum Gasteiger partial charge on any atom is -0.384 e. The molecule has 0 spiro atoms. The summed E-state index contributed by atoms with van der Waals surface area (Å²) in [6.45, 7) is 8.72. The smallest absolute Gasteiger partial charge is 0.127 e. The second-order valence-corrected chi connectivity index (χ2v) is 5.59. The molecule has 102 valence electrons. The van der Waals surface area contributed by atoms with Crippen LogP contribution in [0.1, 0.15) is 45.4 Å². The van der Waals surface area contributed by atoms with E-state index in [1.165, 1.54) is 5.56 Å². The molecule has 1 heterocycles. The molecule has 1 aromatic heterocycles. The lowest BCUT2D eigenvalue weighted by Crippen LogP contribution is -2.16. The van der Waals surface area contributed by atoms with Gasteiger partial charge in [-0.2, -0.15) is 5.10 Å². The lowest BCUT2D eigenvalue weighted by atomic mass is 9.87. The number of anilines is 1. The van der Waals surface area contributed by atoms with Crippen molar-refractivity contribution in [3.63, 3.8) is 0 Å². The minimum absolute atomic E-state index is 0.0561. The quantitative estimate of drug-likeness (QED) is 0.907. The molecular weight excluding hydrogens is 234 g/mol. The van der Waals surface area contributed by atoms with Crippen LogP contribution in [0, 0.1) is 0 Å². The number of nitrogens with zero attached hydrogens (tertiary/aromatic N) is 2. The molecule has 1 aromatic carbocycles. The first kappa shape index (κ1) is 13.7. The fraction of sp³-hybridized carbons (Fsp3) is 0.438. The topological polar surface area (TPSA) is 43.8 Å². The first-order valence-corrected chi connectivity index (χ1v) is 6.94. The van der Waals surface area contributed by atoms with Gasteiger partial charge in [-0.15, -0.1) is 0 Å². The van der Waals surface area contributed by atoms with E-state index in [1.54, 1.807) is 0 Å². The lowest BCUT2D eigenvalue weighted by Gasteiger charge is -2.19. The molecule has 0 aliphatic heterocycles. The van der Waals surface area contributed by atoms with Gasteiger partial charge in [0.2, 0.25) is 0 Å². The van der Waals surface area contributed by atoms with E-state index in [1.807, 2.05) is 16.8 Å². The minimum atomic E-state index is 0.0561. The number of nitrogens with two attached hydrogens (primary N) is 1. The van der Waals surface area contributed by atoms with Gasteiger partial charge in [0.1, 0.15) is 5.82 Å². The largest absolute Gasteiger partial charge is 0.384 e. The van der Waals surface area contributed by atoms with Crippen LogP contribution in [0.3, 0.4) is 0 Å². The molecule has 0 unspecified atom stereocenters. The highest BCUT2D eigenvalue weighted by molar-refractivity contribution is 5.48. The van der Waals surface area contributed by atoms with Gasteiger partial charge in [-0.1, -0.05) is 45.9 Å². The summed E-state index contributed by atoms with van der Waals surface area (Å²) in [5, 5.41) is 4.72. The van der Waals surface area contributed by atoms with Gasteiger partial charge in [0.25, 0.3) is 0 Å². The van der Waals surface area contributed by atoms with E-state index in [0.717, 1.165) is 24.2 Å². The van der Waals surface area contributed by atoms with Crippen molar-refractivity contribution >= 4 is 5.82 Å². The van der Waals surface area contributed by atoms with Gasteiger partial charge < -0.3 is 5.73 Å². The Morgan fingerprint density at radius 1 is 1.21 bits per heavy atom. The van der Waals surface area contributed by atoms with Crippen molar-refractivity contribution in [3.8, 4) is 5.69 Å². The number of benzene rings is 1. The van der Waals surface area contributed by atoms with Crippen LogP contribution in [0.4, 0.5) is 5.82 Å². The third-order valence-electron chi connectivity index (χ3n) is 3.91. The van der Waals surface area contributed by atoms with E-state index in [0.29, 0.717) is 5.82 Å². The molecule has 0 bridgehead atoms. The Bertz CT molecular complexity index is 567. The van der Waals surface area contributed by atoms with Gasteiger partial charge in [-0.25, -0.2) is 4.68 Å². The van der Waals surface area contributed by atoms with Gasteiger partial charge in [-0.05, 0) is 24.5 Å². The standard InChI is InChI=1S/C16H23N3/c1-5-12-9-7-8-10-13(12)19-15(17)11-14(18-19)16(3,4)6-2/h7-11H,5-6,17H2,1-4H3. The molecule has 0 radical (unpaired) electrons.